The second-order valence-corrected chi connectivity index (χ2v) is 10.2. The quantitative estimate of drug-likeness (QED) is 0.802. The largest absolute Gasteiger partial charge is 0.496 e. The summed E-state index contributed by atoms with van der Waals surface area (Å²) in [7, 11) is -1.42. The SMILES string of the molecule is COc1ccccc1CN1CCC2(CC1)C[C@H](NS(=O)(=O)C1CC1)CCO2. The number of hydrogen-bond donors (Lipinski definition) is 1. The Balaban J connectivity index is 1.33. The molecule has 1 aliphatic carbocycles. The maximum absolute atomic E-state index is 12.3. The summed E-state index contributed by atoms with van der Waals surface area (Å²) in [5, 5.41) is -0.154. The summed E-state index contributed by atoms with van der Waals surface area (Å²) < 4.78 is 39.2. The molecule has 6 nitrogen and oxygen atoms in total. The fraction of sp³-hybridized carbons (Fsp3) is 0.700. The van der Waals surface area contributed by atoms with Crippen molar-refractivity contribution >= 4 is 10.0 Å². The van der Waals surface area contributed by atoms with Crippen LogP contribution in [0.25, 0.3) is 0 Å². The monoisotopic (exact) mass is 394 g/mol. The summed E-state index contributed by atoms with van der Waals surface area (Å²) in [5.41, 5.74) is 1.03. The number of para-hydroxylation sites is 1. The van der Waals surface area contributed by atoms with Crippen molar-refractivity contribution in [3.8, 4) is 5.75 Å². The number of likely N-dealkylation sites (tertiary alicyclic amines) is 1. The van der Waals surface area contributed by atoms with Gasteiger partial charge >= 0.3 is 0 Å². The molecule has 1 saturated carbocycles. The van der Waals surface area contributed by atoms with Gasteiger partial charge in [-0.25, -0.2) is 13.1 Å². The first kappa shape index (κ1) is 19.2. The first-order valence-corrected chi connectivity index (χ1v) is 11.5. The average Bonchev–Trinajstić information content (AvgIpc) is 3.50. The second-order valence-electron chi connectivity index (χ2n) is 8.17. The molecular formula is C20H30N2O4S. The topological polar surface area (TPSA) is 67.9 Å². The summed E-state index contributed by atoms with van der Waals surface area (Å²) in [6.07, 6.45) is 5.08. The molecule has 2 aliphatic heterocycles. The Bertz CT molecular complexity index is 755. The van der Waals surface area contributed by atoms with Crippen molar-refractivity contribution in [1.29, 1.82) is 0 Å². The molecule has 1 aromatic rings. The van der Waals surface area contributed by atoms with Gasteiger partial charge in [0.05, 0.1) is 18.0 Å². The molecule has 0 aromatic heterocycles. The van der Waals surface area contributed by atoms with Crippen LogP contribution in [0.2, 0.25) is 0 Å². The lowest BCUT2D eigenvalue weighted by Gasteiger charge is -2.46. The number of ether oxygens (including phenoxy) is 2. The fourth-order valence-corrected chi connectivity index (χ4v) is 5.99. The number of rotatable bonds is 6. The van der Waals surface area contributed by atoms with Crippen molar-refractivity contribution in [1.82, 2.24) is 9.62 Å². The zero-order chi connectivity index (χ0) is 18.9. The van der Waals surface area contributed by atoms with Crippen molar-refractivity contribution in [3.05, 3.63) is 29.8 Å². The minimum absolute atomic E-state index is 0.0186. The molecule has 1 atom stereocenters. The van der Waals surface area contributed by atoms with Crippen molar-refractivity contribution in [2.45, 2.75) is 62.0 Å². The number of benzene rings is 1. The van der Waals surface area contributed by atoms with E-state index in [1.165, 1.54) is 5.56 Å². The lowest BCUT2D eigenvalue weighted by atomic mass is 9.82. The van der Waals surface area contributed by atoms with Gasteiger partial charge in [0.1, 0.15) is 5.75 Å². The van der Waals surface area contributed by atoms with Crippen molar-refractivity contribution < 1.29 is 17.9 Å². The molecule has 27 heavy (non-hydrogen) atoms. The third-order valence-corrected chi connectivity index (χ3v) is 8.15. The van der Waals surface area contributed by atoms with Gasteiger partial charge in [-0.15, -0.1) is 0 Å². The summed E-state index contributed by atoms with van der Waals surface area (Å²) in [6.45, 7) is 3.43. The molecule has 2 saturated heterocycles. The van der Waals surface area contributed by atoms with E-state index in [1.807, 2.05) is 18.2 Å². The van der Waals surface area contributed by atoms with Gasteiger partial charge in [-0.3, -0.25) is 4.90 Å². The predicted molar refractivity (Wildman–Crippen MR) is 104 cm³/mol. The van der Waals surface area contributed by atoms with Crippen molar-refractivity contribution in [2.75, 3.05) is 26.8 Å². The van der Waals surface area contributed by atoms with Gasteiger partial charge in [-0.05, 0) is 44.6 Å². The second kappa shape index (κ2) is 7.70. The van der Waals surface area contributed by atoms with E-state index in [0.717, 1.165) is 63.9 Å². The van der Waals surface area contributed by atoms with E-state index in [-0.39, 0.29) is 16.9 Å². The van der Waals surface area contributed by atoms with E-state index in [2.05, 4.69) is 15.7 Å². The molecule has 4 rings (SSSR count). The standard InChI is InChI=1S/C20H30N2O4S/c1-25-19-5-3-2-4-16(19)15-22-11-9-20(10-12-22)14-17(8-13-26-20)21-27(23,24)18-6-7-18/h2-5,17-18,21H,6-15H2,1H3/t17-/m1/s1. The van der Waals surface area contributed by atoms with Gasteiger partial charge in [0.15, 0.2) is 0 Å². The summed E-state index contributed by atoms with van der Waals surface area (Å²) in [6, 6.07) is 8.17. The van der Waals surface area contributed by atoms with Crippen LogP contribution in [-0.2, 0) is 21.3 Å². The third-order valence-electron chi connectivity index (χ3n) is 6.14. The number of sulfonamides is 1. The maximum Gasteiger partial charge on any atom is 0.214 e. The smallest absolute Gasteiger partial charge is 0.214 e. The Morgan fingerprint density at radius 3 is 2.67 bits per heavy atom. The van der Waals surface area contributed by atoms with E-state index in [9.17, 15) is 8.42 Å². The van der Waals surface area contributed by atoms with Gasteiger partial charge in [0.25, 0.3) is 0 Å². The number of nitrogens with one attached hydrogen (secondary N) is 1. The molecule has 2 heterocycles. The lowest BCUT2D eigenvalue weighted by Crippen LogP contribution is -2.53. The molecule has 0 bridgehead atoms. The van der Waals surface area contributed by atoms with E-state index in [4.69, 9.17) is 9.47 Å². The van der Waals surface area contributed by atoms with Crippen LogP contribution in [0.1, 0.15) is 44.1 Å². The first-order chi connectivity index (χ1) is 13.0. The van der Waals surface area contributed by atoms with Gasteiger partial charge in [-0.1, -0.05) is 18.2 Å². The highest BCUT2D eigenvalue weighted by Crippen LogP contribution is 2.37. The number of hydrogen-bond acceptors (Lipinski definition) is 5. The van der Waals surface area contributed by atoms with Crippen molar-refractivity contribution in [2.24, 2.45) is 0 Å². The molecule has 0 radical (unpaired) electrons. The van der Waals surface area contributed by atoms with Crippen LogP contribution in [0.15, 0.2) is 24.3 Å². The van der Waals surface area contributed by atoms with Gasteiger partial charge in [0.2, 0.25) is 10.0 Å². The highest BCUT2D eigenvalue weighted by atomic mass is 32.2. The minimum atomic E-state index is -3.13. The van der Waals surface area contributed by atoms with Gasteiger partial charge in [0, 0.05) is 37.8 Å². The molecule has 1 N–H and O–H groups in total. The fourth-order valence-electron chi connectivity index (χ4n) is 4.38. The molecule has 0 unspecified atom stereocenters. The zero-order valence-electron chi connectivity index (χ0n) is 16.0. The Morgan fingerprint density at radius 2 is 1.96 bits per heavy atom. The molecule has 1 aromatic carbocycles. The van der Waals surface area contributed by atoms with Crippen LogP contribution in [0, 0.1) is 0 Å². The van der Waals surface area contributed by atoms with Crippen LogP contribution in [0.3, 0.4) is 0 Å². The molecular weight excluding hydrogens is 364 g/mol. The number of piperidine rings is 1. The molecule has 7 heteroatoms. The Kier molecular flexibility index (Phi) is 5.47. The van der Waals surface area contributed by atoms with E-state index < -0.39 is 10.0 Å². The van der Waals surface area contributed by atoms with E-state index in [0.29, 0.717) is 6.61 Å². The zero-order valence-corrected chi connectivity index (χ0v) is 16.8. The Hall–Kier alpha value is -1.15. The molecule has 150 valence electrons. The number of nitrogens with zero attached hydrogens (tertiary/aromatic N) is 1. The normalized spacial score (nSPS) is 26.2. The van der Waals surface area contributed by atoms with Crippen LogP contribution in [0.4, 0.5) is 0 Å². The summed E-state index contributed by atoms with van der Waals surface area (Å²) in [5.74, 6) is 0.932. The highest BCUT2D eigenvalue weighted by Gasteiger charge is 2.43. The Labute approximate surface area is 162 Å². The minimum Gasteiger partial charge on any atom is -0.496 e. The maximum atomic E-state index is 12.3. The van der Waals surface area contributed by atoms with E-state index in [1.54, 1.807) is 7.11 Å². The Morgan fingerprint density at radius 1 is 1.22 bits per heavy atom. The predicted octanol–water partition coefficient (Wildman–Crippen LogP) is 2.29. The van der Waals surface area contributed by atoms with Crippen molar-refractivity contribution in [3.63, 3.8) is 0 Å². The molecule has 3 aliphatic rings. The van der Waals surface area contributed by atoms with Crippen LogP contribution in [0.5, 0.6) is 5.75 Å². The first-order valence-electron chi connectivity index (χ1n) is 9.99. The lowest BCUT2D eigenvalue weighted by molar-refractivity contribution is -0.118. The molecule has 1 spiro atoms. The molecule has 0 amide bonds. The van der Waals surface area contributed by atoms with Gasteiger partial charge < -0.3 is 9.47 Å². The number of methoxy groups -OCH3 is 1. The van der Waals surface area contributed by atoms with Crippen LogP contribution in [-0.4, -0.2) is 57.0 Å². The van der Waals surface area contributed by atoms with E-state index >= 15 is 0 Å². The summed E-state index contributed by atoms with van der Waals surface area (Å²) >= 11 is 0. The average molecular weight is 395 g/mol. The summed E-state index contributed by atoms with van der Waals surface area (Å²) in [4.78, 5) is 2.43. The third kappa shape index (κ3) is 4.47. The highest BCUT2D eigenvalue weighted by molar-refractivity contribution is 7.90. The molecule has 3 fully saturated rings. The van der Waals surface area contributed by atoms with Crippen LogP contribution >= 0.6 is 0 Å². The van der Waals surface area contributed by atoms with Crippen LogP contribution < -0.4 is 9.46 Å². The van der Waals surface area contributed by atoms with Gasteiger partial charge in [-0.2, -0.15) is 0 Å².